The molecule has 1 unspecified atom stereocenters. The number of amides is 1. The van der Waals surface area contributed by atoms with E-state index in [9.17, 15) is 9.18 Å². The molecule has 1 atom stereocenters. The van der Waals surface area contributed by atoms with Gasteiger partial charge in [-0.15, -0.1) is 5.10 Å². The fourth-order valence-corrected chi connectivity index (χ4v) is 4.03. The van der Waals surface area contributed by atoms with Gasteiger partial charge in [-0.25, -0.2) is 4.39 Å². The lowest BCUT2D eigenvalue weighted by molar-refractivity contribution is -0.154. The first kappa shape index (κ1) is 20.5. The Bertz CT molecular complexity index is 884. The molecule has 1 aromatic carbocycles. The number of aryl methyl sites for hydroxylation is 1. The number of morpholine rings is 1. The molecule has 30 heavy (non-hydrogen) atoms. The molecule has 0 aliphatic carbocycles. The Morgan fingerprint density at radius 2 is 1.93 bits per heavy atom. The van der Waals surface area contributed by atoms with Gasteiger partial charge >= 0.3 is 0 Å². The van der Waals surface area contributed by atoms with E-state index in [1.807, 2.05) is 11.8 Å². The maximum Gasteiger partial charge on any atom is 0.248 e. The van der Waals surface area contributed by atoms with Crippen molar-refractivity contribution >= 4 is 11.7 Å². The van der Waals surface area contributed by atoms with Gasteiger partial charge in [-0.2, -0.15) is 5.10 Å². The molecule has 2 aromatic rings. The van der Waals surface area contributed by atoms with Crippen molar-refractivity contribution in [2.75, 3.05) is 37.7 Å². The zero-order valence-electron chi connectivity index (χ0n) is 17.4. The Morgan fingerprint density at radius 1 is 1.20 bits per heavy atom. The van der Waals surface area contributed by atoms with Crippen molar-refractivity contribution in [3.8, 4) is 5.75 Å². The Balaban J connectivity index is 1.32. The average Bonchev–Trinajstić information content (AvgIpc) is 2.76. The van der Waals surface area contributed by atoms with Gasteiger partial charge < -0.3 is 19.3 Å². The summed E-state index contributed by atoms with van der Waals surface area (Å²) in [6, 6.07) is 6.09. The van der Waals surface area contributed by atoms with Crippen LogP contribution in [0.15, 0.2) is 30.5 Å². The number of ether oxygens (including phenoxy) is 2. The zero-order valence-corrected chi connectivity index (χ0v) is 17.4. The molecule has 2 aliphatic heterocycles. The Kier molecular flexibility index (Phi) is 6.13. The highest BCUT2D eigenvalue weighted by molar-refractivity contribution is 5.78. The van der Waals surface area contributed by atoms with Gasteiger partial charge in [0.25, 0.3) is 0 Å². The van der Waals surface area contributed by atoms with Crippen LogP contribution in [0.4, 0.5) is 10.2 Å². The van der Waals surface area contributed by atoms with Gasteiger partial charge in [0.1, 0.15) is 30.9 Å². The van der Waals surface area contributed by atoms with Gasteiger partial charge in [0, 0.05) is 19.1 Å². The van der Waals surface area contributed by atoms with Crippen molar-refractivity contribution in [1.29, 1.82) is 0 Å². The molecule has 0 radical (unpaired) electrons. The van der Waals surface area contributed by atoms with Crippen LogP contribution < -0.4 is 9.64 Å². The number of nitrogens with zero attached hydrogens (tertiary/aromatic N) is 4. The minimum Gasteiger partial charge on any atom is -0.491 e. The molecule has 1 amide bonds. The quantitative estimate of drug-likeness (QED) is 0.749. The summed E-state index contributed by atoms with van der Waals surface area (Å²) in [7, 11) is 0. The second kappa shape index (κ2) is 8.95. The number of carbonyl (C=O) groups is 1. The third-order valence-electron chi connectivity index (χ3n) is 5.95. The molecular formula is C22H27FN4O3. The Morgan fingerprint density at radius 3 is 2.67 bits per heavy atom. The topological polar surface area (TPSA) is 67.8 Å². The lowest BCUT2D eigenvalue weighted by atomic mass is 10.0. The van der Waals surface area contributed by atoms with Gasteiger partial charge in [0.15, 0.2) is 5.82 Å². The summed E-state index contributed by atoms with van der Waals surface area (Å²) >= 11 is 0. The summed E-state index contributed by atoms with van der Waals surface area (Å²) in [5, 5.41) is 8.42. The molecule has 0 saturated carbocycles. The molecule has 8 heteroatoms. The average molecular weight is 414 g/mol. The monoisotopic (exact) mass is 414 g/mol. The second-order valence-electron chi connectivity index (χ2n) is 7.94. The van der Waals surface area contributed by atoms with Crippen LogP contribution in [0.3, 0.4) is 0 Å². The standard InChI is InChI=1S/C22H27FN4O3/c1-15-11-24-25-22(16(15)2)26-9-7-18(8-10-26)27-12-20(30-14-21(27)28)13-29-19-5-3-17(23)4-6-19/h3-6,11,18,20H,7-10,12-14H2,1-2H3. The lowest BCUT2D eigenvalue weighted by Crippen LogP contribution is -2.55. The van der Waals surface area contributed by atoms with Gasteiger partial charge in [0.2, 0.25) is 5.91 Å². The largest absolute Gasteiger partial charge is 0.491 e. The number of carbonyl (C=O) groups excluding carboxylic acids is 1. The smallest absolute Gasteiger partial charge is 0.248 e. The molecular weight excluding hydrogens is 387 g/mol. The fourth-order valence-electron chi connectivity index (χ4n) is 4.03. The van der Waals surface area contributed by atoms with Gasteiger partial charge in [-0.3, -0.25) is 4.79 Å². The molecule has 0 spiro atoms. The van der Waals surface area contributed by atoms with Crippen LogP contribution >= 0.6 is 0 Å². The van der Waals surface area contributed by atoms with Crippen molar-refractivity contribution < 1.29 is 18.7 Å². The van der Waals surface area contributed by atoms with E-state index in [2.05, 4.69) is 22.0 Å². The van der Waals surface area contributed by atoms with Crippen molar-refractivity contribution in [2.45, 2.75) is 38.8 Å². The maximum atomic E-state index is 13.0. The molecule has 7 nitrogen and oxygen atoms in total. The zero-order chi connectivity index (χ0) is 21.1. The van der Waals surface area contributed by atoms with E-state index in [1.54, 1.807) is 18.3 Å². The van der Waals surface area contributed by atoms with Crippen molar-refractivity contribution in [1.82, 2.24) is 15.1 Å². The molecule has 0 bridgehead atoms. The minimum absolute atomic E-state index is 0.0259. The van der Waals surface area contributed by atoms with E-state index in [-0.39, 0.29) is 30.5 Å². The van der Waals surface area contributed by atoms with Crippen LogP contribution in [0.25, 0.3) is 0 Å². The van der Waals surface area contributed by atoms with Crippen molar-refractivity contribution in [3.05, 3.63) is 47.4 Å². The van der Waals surface area contributed by atoms with Crippen molar-refractivity contribution in [2.24, 2.45) is 0 Å². The molecule has 4 rings (SSSR count). The molecule has 2 fully saturated rings. The molecule has 160 valence electrons. The fraction of sp³-hybridized carbons (Fsp3) is 0.500. The first-order chi connectivity index (χ1) is 14.5. The van der Waals surface area contributed by atoms with Crippen LogP contribution in [0, 0.1) is 19.7 Å². The van der Waals surface area contributed by atoms with E-state index in [0.717, 1.165) is 42.9 Å². The van der Waals surface area contributed by atoms with Gasteiger partial charge in [-0.1, -0.05) is 0 Å². The molecule has 2 aliphatic rings. The highest BCUT2D eigenvalue weighted by atomic mass is 19.1. The summed E-state index contributed by atoms with van der Waals surface area (Å²) in [5.74, 6) is 1.25. The highest BCUT2D eigenvalue weighted by Gasteiger charge is 2.34. The first-order valence-corrected chi connectivity index (χ1v) is 10.3. The summed E-state index contributed by atoms with van der Waals surface area (Å²) in [5.41, 5.74) is 2.29. The third kappa shape index (κ3) is 4.53. The molecule has 1 aromatic heterocycles. The third-order valence-corrected chi connectivity index (χ3v) is 5.95. The summed E-state index contributed by atoms with van der Waals surface area (Å²) in [6.07, 6.45) is 3.35. The number of hydrogen-bond acceptors (Lipinski definition) is 6. The SMILES string of the molecule is Cc1cnnc(N2CCC(N3CC(COc4ccc(F)cc4)OCC3=O)CC2)c1C. The number of rotatable bonds is 5. The maximum absolute atomic E-state index is 13.0. The van der Waals surface area contributed by atoms with Crippen molar-refractivity contribution in [3.63, 3.8) is 0 Å². The van der Waals surface area contributed by atoms with E-state index in [4.69, 9.17) is 9.47 Å². The highest BCUT2D eigenvalue weighted by Crippen LogP contribution is 2.26. The van der Waals surface area contributed by atoms with E-state index < -0.39 is 0 Å². The number of benzene rings is 1. The normalized spacial score (nSPS) is 20.5. The van der Waals surface area contributed by atoms with E-state index in [1.165, 1.54) is 12.1 Å². The van der Waals surface area contributed by atoms with Crippen LogP contribution in [-0.4, -0.2) is 66.0 Å². The first-order valence-electron chi connectivity index (χ1n) is 10.3. The summed E-state index contributed by atoms with van der Waals surface area (Å²) in [6.45, 7) is 6.69. The molecule has 3 heterocycles. The van der Waals surface area contributed by atoms with Crippen LogP contribution in [0.5, 0.6) is 5.75 Å². The Hall–Kier alpha value is -2.74. The van der Waals surface area contributed by atoms with E-state index in [0.29, 0.717) is 18.9 Å². The van der Waals surface area contributed by atoms with Gasteiger partial charge in [0.05, 0.1) is 12.7 Å². The second-order valence-corrected chi connectivity index (χ2v) is 7.94. The van der Waals surface area contributed by atoms with Crippen LogP contribution in [0.2, 0.25) is 0 Å². The van der Waals surface area contributed by atoms with Crippen LogP contribution in [0.1, 0.15) is 24.0 Å². The predicted molar refractivity (Wildman–Crippen MR) is 110 cm³/mol. The number of anilines is 1. The minimum atomic E-state index is -0.300. The number of halogens is 1. The van der Waals surface area contributed by atoms with Gasteiger partial charge in [-0.05, 0) is 62.1 Å². The molecule has 2 saturated heterocycles. The summed E-state index contributed by atoms with van der Waals surface area (Å²) in [4.78, 5) is 16.7. The number of hydrogen-bond donors (Lipinski definition) is 0. The van der Waals surface area contributed by atoms with E-state index >= 15 is 0 Å². The predicted octanol–water partition coefficient (Wildman–Crippen LogP) is 2.51. The Labute approximate surface area is 175 Å². The number of aromatic nitrogens is 2. The summed E-state index contributed by atoms with van der Waals surface area (Å²) < 4.78 is 24.4. The lowest BCUT2D eigenvalue weighted by Gasteiger charge is -2.42. The molecule has 0 N–H and O–H groups in total. The van der Waals surface area contributed by atoms with Crippen LogP contribution in [-0.2, 0) is 9.53 Å². The number of piperidine rings is 1.